The van der Waals surface area contributed by atoms with Gasteiger partial charge in [-0.3, -0.25) is 0 Å². The van der Waals surface area contributed by atoms with Crippen molar-refractivity contribution in [3.05, 3.63) is 60.6 Å². The van der Waals surface area contributed by atoms with Gasteiger partial charge in [-0.2, -0.15) is 0 Å². The molecule has 0 saturated heterocycles. The third-order valence-corrected chi connectivity index (χ3v) is 6.11. The van der Waals surface area contributed by atoms with Crippen LogP contribution in [0, 0.1) is 6.92 Å². The molecule has 0 amide bonds. The molecule has 0 saturated carbocycles. The molecule has 0 aliphatic carbocycles. The molecule has 2 aromatic carbocycles. The second-order valence-electron chi connectivity index (χ2n) is 5.34. The Labute approximate surface area is 135 Å². The van der Waals surface area contributed by atoms with Crippen LogP contribution < -0.4 is 18.2 Å². The van der Waals surface area contributed by atoms with Crippen molar-refractivity contribution in [2.24, 2.45) is 7.05 Å². The Bertz CT molecular complexity index is 877. The van der Waals surface area contributed by atoms with Gasteiger partial charge in [-0.25, -0.2) is 0 Å². The summed E-state index contributed by atoms with van der Waals surface area (Å²) in [5, 5.41) is 0. The van der Waals surface area contributed by atoms with Gasteiger partial charge in [0.15, 0.2) is 0 Å². The molecule has 0 fully saturated rings. The van der Waals surface area contributed by atoms with E-state index in [1.165, 1.54) is 20.1 Å². The summed E-state index contributed by atoms with van der Waals surface area (Å²) in [5.41, 5.74) is 3.52. The van der Waals surface area contributed by atoms with E-state index in [4.69, 9.17) is 4.74 Å². The zero-order chi connectivity index (χ0) is 15.1. The molecular weight excluding hydrogens is 339 g/mol. The summed E-state index contributed by atoms with van der Waals surface area (Å²) in [5.74, 6) is 1.96. The Hall–Kier alpha value is -2.16. The Balaban J connectivity index is 1.84. The normalized spacial score (nSPS) is 12.3. The van der Waals surface area contributed by atoms with Crippen LogP contribution in [-0.2, 0) is 7.05 Å². The monoisotopic (exact) mass is 355 g/mol. The molecule has 2 heterocycles. The van der Waals surface area contributed by atoms with Gasteiger partial charge < -0.3 is 0 Å². The summed E-state index contributed by atoms with van der Waals surface area (Å²) in [7, 11) is 2.04. The van der Waals surface area contributed by atoms with Gasteiger partial charge in [-0.1, -0.05) is 0 Å². The summed E-state index contributed by atoms with van der Waals surface area (Å²) < 4.78 is 10.8. The molecule has 0 bridgehead atoms. The Morgan fingerprint density at radius 1 is 1.09 bits per heavy atom. The fourth-order valence-corrected chi connectivity index (χ4v) is 4.80. The van der Waals surface area contributed by atoms with Crippen LogP contribution in [0.25, 0.3) is 11.3 Å². The van der Waals surface area contributed by atoms with Crippen LogP contribution in [0.3, 0.4) is 0 Å². The quantitative estimate of drug-likeness (QED) is 0.384. The predicted molar refractivity (Wildman–Crippen MR) is 87.1 cm³/mol. The standard InChI is InChI=1S/C18H15N2OSe/c1-12-9-18-16(21-15-5-3-4-6-17(15)22-18)10-13(12)14-11-19-7-8-20(14)2/h3-11H,1-2H3/q+1. The third kappa shape index (κ3) is 2.21. The summed E-state index contributed by atoms with van der Waals surface area (Å²) in [6, 6.07) is 12.7. The van der Waals surface area contributed by atoms with Crippen molar-refractivity contribution in [2.75, 3.05) is 0 Å². The molecule has 3 nitrogen and oxygen atoms in total. The SMILES string of the molecule is Cc1cc2c(cc1-c1cncc[n+]1C)Oc1ccccc1[Se]2. The zero-order valence-electron chi connectivity index (χ0n) is 12.4. The van der Waals surface area contributed by atoms with E-state index in [9.17, 15) is 0 Å². The fourth-order valence-electron chi connectivity index (χ4n) is 2.64. The number of aromatic nitrogens is 2. The van der Waals surface area contributed by atoms with E-state index in [0.717, 1.165) is 17.2 Å². The molecule has 3 aromatic rings. The summed E-state index contributed by atoms with van der Waals surface area (Å²) in [6.07, 6.45) is 5.66. The number of benzene rings is 2. The van der Waals surface area contributed by atoms with Crippen molar-refractivity contribution in [3.63, 3.8) is 0 Å². The minimum atomic E-state index is 0.296. The third-order valence-electron chi connectivity index (χ3n) is 3.81. The first-order valence-corrected chi connectivity index (χ1v) is 8.83. The molecule has 1 aromatic heterocycles. The van der Waals surface area contributed by atoms with Crippen molar-refractivity contribution in [1.29, 1.82) is 0 Å². The molecule has 0 atom stereocenters. The second kappa shape index (κ2) is 5.24. The predicted octanol–water partition coefficient (Wildman–Crippen LogP) is 1.64. The van der Waals surface area contributed by atoms with Gasteiger partial charge >= 0.3 is 135 Å². The van der Waals surface area contributed by atoms with Crippen LogP contribution >= 0.6 is 0 Å². The molecule has 4 rings (SSSR count). The maximum absolute atomic E-state index is 6.12. The van der Waals surface area contributed by atoms with E-state index in [-0.39, 0.29) is 0 Å². The molecule has 108 valence electrons. The van der Waals surface area contributed by atoms with Crippen molar-refractivity contribution in [3.8, 4) is 22.8 Å². The number of hydrogen-bond donors (Lipinski definition) is 0. The van der Waals surface area contributed by atoms with Crippen LogP contribution in [0.5, 0.6) is 11.5 Å². The number of ether oxygens (including phenoxy) is 1. The first-order valence-electron chi connectivity index (χ1n) is 7.12. The van der Waals surface area contributed by atoms with E-state index >= 15 is 0 Å². The Kier molecular flexibility index (Phi) is 3.21. The molecule has 0 spiro atoms. The number of fused-ring (bicyclic) bond motifs is 2. The van der Waals surface area contributed by atoms with Gasteiger partial charge in [0.1, 0.15) is 0 Å². The van der Waals surface area contributed by atoms with E-state index in [1.54, 1.807) is 6.20 Å². The first kappa shape index (κ1) is 13.5. The van der Waals surface area contributed by atoms with Crippen molar-refractivity contribution >= 4 is 23.9 Å². The molecule has 4 heteroatoms. The van der Waals surface area contributed by atoms with Gasteiger partial charge in [0.2, 0.25) is 0 Å². The second-order valence-corrected chi connectivity index (χ2v) is 7.61. The van der Waals surface area contributed by atoms with Crippen LogP contribution in [-0.4, -0.2) is 19.9 Å². The number of para-hydroxylation sites is 1. The van der Waals surface area contributed by atoms with Gasteiger partial charge in [-0.05, 0) is 0 Å². The van der Waals surface area contributed by atoms with Crippen LogP contribution in [0.4, 0.5) is 0 Å². The molecule has 0 radical (unpaired) electrons. The average Bonchev–Trinajstić information content (AvgIpc) is 2.53. The van der Waals surface area contributed by atoms with Crippen molar-refractivity contribution < 1.29 is 9.30 Å². The summed E-state index contributed by atoms with van der Waals surface area (Å²) in [6.45, 7) is 2.15. The van der Waals surface area contributed by atoms with Gasteiger partial charge in [-0.15, -0.1) is 0 Å². The van der Waals surface area contributed by atoms with Gasteiger partial charge in [0, 0.05) is 0 Å². The zero-order valence-corrected chi connectivity index (χ0v) is 14.1. The number of nitrogens with zero attached hydrogens (tertiary/aromatic N) is 2. The van der Waals surface area contributed by atoms with Crippen LogP contribution in [0.1, 0.15) is 5.56 Å². The van der Waals surface area contributed by atoms with E-state index < -0.39 is 0 Å². The van der Waals surface area contributed by atoms with Crippen molar-refractivity contribution in [1.82, 2.24) is 4.98 Å². The molecule has 1 aliphatic rings. The minimum absolute atomic E-state index is 0.296. The molecule has 0 N–H and O–H groups in total. The summed E-state index contributed by atoms with van der Waals surface area (Å²) in [4.78, 5) is 4.25. The number of rotatable bonds is 1. The maximum atomic E-state index is 6.12. The fraction of sp³-hybridized carbons (Fsp3) is 0.111. The molecule has 22 heavy (non-hydrogen) atoms. The first-order chi connectivity index (χ1) is 10.7. The Morgan fingerprint density at radius 2 is 1.95 bits per heavy atom. The molecule has 1 aliphatic heterocycles. The summed E-state index contributed by atoms with van der Waals surface area (Å²) >= 11 is 0.296. The van der Waals surface area contributed by atoms with Crippen LogP contribution in [0.15, 0.2) is 55.0 Å². The van der Waals surface area contributed by atoms with E-state index in [2.05, 4.69) is 40.7 Å². The van der Waals surface area contributed by atoms with E-state index in [1.807, 2.05) is 31.6 Å². The van der Waals surface area contributed by atoms with Gasteiger partial charge in [0.05, 0.1) is 0 Å². The van der Waals surface area contributed by atoms with Gasteiger partial charge in [0.25, 0.3) is 0 Å². The van der Waals surface area contributed by atoms with E-state index in [0.29, 0.717) is 15.0 Å². The topological polar surface area (TPSA) is 26.0 Å². The molecule has 0 unspecified atom stereocenters. The number of hydrogen-bond acceptors (Lipinski definition) is 2. The Morgan fingerprint density at radius 3 is 2.82 bits per heavy atom. The molecular formula is C18H15N2OSe+. The van der Waals surface area contributed by atoms with Crippen molar-refractivity contribution in [2.45, 2.75) is 6.92 Å². The number of aryl methyl sites for hydroxylation is 2. The average molecular weight is 354 g/mol. The van der Waals surface area contributed by atoms with Crippen LogP contribution in [0.2, 0.25) is 0 Å².